The Hall–Kier alpha value is -1.82. The van der Waals surface area contributed by atoms with Gasteiger partial charge in [-0.1, -0.05) is 11.6 Å². The van der Waals surface area contributed by atoms with E-state index in [-0.39, 0.29) is 0 Å². The van der Waals surface area contributed by atoms with E-state index in [1.54, 1.807) is 6.08 Å². The predicted molar refractivity (Wildman–Crippen MR) is 71.6 cm³/mol. The Morgan fingerprint density at radius 2 is 1.85 bits per heavy atom. The van der Waals surface area contributed by atoms with Crippen LogP contribution >= 0.6 is 0 Å². The molecule has 0 amide bonds. The Kier molecular flexibility index (Phi) is 4.44. The molecule has 1 aliphatic carbocycles. The minimum Gasteiger partial charge on any atom is -0.323 e. The standard InChI is InChI=1S/C14H16F3N3/c15-10-4-9(5-11(16)7-10)3-8-1-2-13(20-19)12(6-8)14(17)18/h4-7,12,14H,1-3,18-19H2/b20-13+. The number of allylic oxidation sites excluding steroid dienone is 1. The van der Waals surface area contributed by atoms with Gasteiger partial charge >= 0.3 is 0 Å². The molecular weight excluding hydrogens is 267 g/mol. The first-order valence-corrected chi connectivity index (χ1v) is 6.30. The largest absolute Gasteiger partial charge is 0.323 e. The van der Waals surface area contributed by atoms with Gasteiger partial charge in [0.1, 0.15) is 11.6 Å². The predicted octanol–water partition coefficient (Wildman–Crippen LogP) is 2.41. The molecule has 2 unspecified atom stereocenters. The summed E-state index contributed by atoms with van der Waals surface area (Å²) in [5.74, 6) is 3.29. The zero-order valence-corrected chi connectivity index (χ0v) is 10.8. The number of benzene rings is 1. The van der Waals surface area contributed by atoms with Crippen LogP contribution in [-0.2, 0) is 6.42 Å². The van der Waals surface area contributed by atoms with Gasteiger partial charge in [0.25, 0.3) is 0 Å². The summed E-state index contributed by atoms with van der Waals surface area (Å²) < 4.78 is 39.6. The van der Waals surface area contributed by atoms with E-state index >= 15 is 0 Å². The first-order valence-electron chi connectivity index (χ1n) is 6.30. The number of rotatable bonds is 3. The molecule has 1 aromatic carbocycles. The molecule has 1 aliphatic rings. The second-order valence-electron chi connectivity index (χ2n) is 4.87. The molecule has 3 nitrogen and oxygen atoms in total. The van der Waals surface area contributed by atoms with Crippen molar-refractivity contribution in [1.82, 2.24) is 0 Å². The normalized spacial score (nSPS) is 22.7. The molecule has 6 heteroatoms. The van der Waals surface area contributed by atoms with Crippen LogP contribution in [0.1, 0.15) is 18.4 Å². The molecule has 4 N–H and O–H groups in total. The van der Waals surface area contributed by atoms with Gasteiger partial charge in [-0.3, -0.25) is 0 Å². The maximum absolute atomic E-state index is 13.3. The number of halogens is 3. The molecule has 0 fully saturated rings. The lowest BCUT2D eigenvalue weighted by molar-refractivity contribution is 0.308. The topological polar surface area (TPSA) is 64.4 Å². The number of hydrogen-bond donors (Lipinski definition) is 2. The van der Waals surface area contributed by atoms with Gasteiger partial charge in [-0.25, -0.2) is 13.2 Å². The summed E-state index contributed by atoms with van der Waals surface area (Å²) in [5.41, 5.74) is 7.16. The Bertz CT molecular complexity index is 532. The fraction of sp³-hybridized carbons (Fsp3) is 0.357. The lowest BCUT2D eigenvalue weighted by Gasteiger charge is -2.23. The van der Waals surface area contributed by atoms with Crippen LogP contribution in [0.5, 0.6) is 0 Å². The van der Waals surface area contributed by atoms with Gasteiger partial charge in [0.15, 0.2) is 6.30 Å². The lowest BCUT2D eigenvalue weighted by Crippen LogP contribution is -2.33. The molecule has 0 saturated heterocycles. The summed E-state index contributed by atoms with van der Waals surface area (Å²) in [6.07, 6.45) is 1.55. The van der Waals surface area contributed by atoms with E-state index in [1.165, 1.54) is 12.1 Å². The van der Waals surface area contributed by atoms with E-state index in [2.05, 4.69) is 5.10 Å². The van der Waals surface area contributed by atoms with E-state index in [0.29, 0.717) is 30.5 Å². The van der Waals surface area contributed by atoms with Crippen molar-refractivity contribution in [3.8, 4) is 0 Å². The van der Waals surface area contributed by atoms with Gasteiger partial charge in [-0.2, -0.15) is 5.10 Å². The van der Waals surface area contributed by atoms with Crippen molar-refractivity contribution in [2.75, 3.05) is 0 Å². The Labute approximate surface area is 115 Å². The Morgan fingerprint density at radius 3 is 2.40 bits per heavy atom. The highest BCUT2D eigenvalue weighted by Gasteiger charge is 2.25. The third kappa shape index (κ3) is 3.39. The molecule has 0 aromatic heterocycles. The molecule has 20 heavy (non-hydrogen) atoms. The van der Waals surface area contributed by atoms with E-state index in [9.17, 15) is 13.2 Å². The van der Waals surface area contributed by atoms with Gasteiger partial charge in [0.2, 0.25) is 0 Å². The zero-order chi connectivity index (χ0) is 14.7. The van der Waals surface area contributed by atoms with Crippen LogP contribution in [0.3, 0.4) is 0 Å². The van der Waals surface area contributed by atoms with Crippen LogP contribution < -0.4 is 11.6 Å². The van der Waals surface area contributed by atoms with Crippen molar-refractivity contribution < 1.29 is 13.2 Å². The average Bonchev–Trinajstić information content (AvgIpc) is 2.37. The minimum atomic E-state index is -1.59. The highest BCUT2D eigenvalue weighted by atomic mass is 19.1. The Balaban J connectivity index is 2.21. The molecule has 0 spiro atoms. The van der Waals surface area contributed by atoms with E-state index in [4.69, 9.17) is 11.6 Å². The summed E-state index contributed by atoms with van der Waals surface area (Å²) in [7, 11) is 0. The highest BCUT2D eigenvalue weighted by molar-refractivity contribution is 5.89. The smallest absolute Gasteiger partial charge is 0.160 e. The molecule has 0 bridgehead atoms. The maximum atomic E-state index is 13.3. The van der Waals surface area contributed by atoms with Crippen LogP contribution in [0, 0.1) is 17.6 Å². The van der Waals surface area contributed by atoms with E-state index in [0.717, 1.165) is 11.6 Å². The molecule has 2 atom stereocenters. The molecule has 108 valence electrons. The fourth-order valence-corrected chi connectivity index (χ4v) is 2.44. The molecule has 0 radical (unpaired) electrons. The Morgan fingerprint density at radius 1 is 1.20 bits per heavy atom. The first kappa shape index (κ1) is 14.6. The summed E-state index contributed by atoms with van der Waals surface area (Å²) in [4.78, 5) is 0. The van der Waals surface area contributed by atoms with E-state index in [1.807, 2.05) is 0 Å². The van der Waals surface area contributed by atoms with Crippen LogP contribution in [0.25, 0.3) is 0 Å². The second-order valence-corrected chi connectivity index (χ2v) is 4.87. The molecule has 0 saturated carbocycles. The highest BCUT2D eigenvalue weighted by Crippen LogP contribution is 2.26. The molecule has 0 aliphatic heterocycles. The monoisotopic (exact) mass is 283 g/mol. The molecule has 0 heterocycles. The van der Waals surface area contributed by atoms with Gasteiger partial charge in [-0.05, 0) is 37.0 Å². The zero-order valence-electron chi connectivity index (χ0n) is 10.8. The van der Waals surface area contributed by atoms with Crippen LogP contribution in [0.4, 0.5) is 13.2 Å². The van der Waals surface area contributed by atoms with Crippen molar-refractivity contribution in [3.05, 3.63) is 47.0 Å². The number of nitrogens with zero attached hydrogens (tertiary/aromatic N) is 1. The number of alkyl halides is 1. The summed E-state index contributed by atoms with van der Waals surface area (Å²) in [6, 6.07) is 3.35. The summed E-state index contributed by atoms with van der Waals surface area (Å²) in [6.45, 7) is 0. The van der Waals surface area contributed by atoms with Crippen molar-refractivity contribution in [2.24, 2.45) is 22.6 Å². The van der Waals surface area contributed by atoms with E-state index < -0.39 is 23.8 Å². The second kappa shape index (κ2) is 6.09. The number of hydrogen-bond acceptors (Lipinski definition) is 3. The van der Waals surface area contributed by atoms with Crippen molar-refractivity contribution >= 4 is 5.71 Å². The van der Waals surface area contributed by atoms with Gasteiger partial charge in [-0.15, -0.1) is 0 Å². The van der Waals surface area contributed by atoms with Crippen LogP contribution in [-0.4, -0.2) is 12.0 Å². The SMILES string of the molecule is N/N=C1\CCC(Cc2cc(F)cc(F)c2)=CC1C(N)F. The maximum Gasteiger partial charge on any atom is 0.160 e. The van der Waals surface area contributed by atoms with Crippen LogP contribution in [0.15, 0.2) is 34.9 Å². The minimum absolute atomic E-state index is 0.357. The van der Waals surface area contributed by atoms with Gasteiger partial charge < -0.3 is 11.6 Å². The van der Waals surface area contributed by atoms with Crippen molar-refractivity contribution in [1.29, 1.82) is 0 Å². The lowest BCUT2D eigenvalue weighted by atomic mass is 9.85. The van der Waals surface area contributed by atoms with Gasteiger partial charge in [0.05, 0.1) is 5.92 Å². The fourth-order valence-electron chi connectivity index (χ4n) is 2.44. The third-order valence-electron chi connectivity index (χ3n) is 3.36. The third-order valence-corrected chi connectivity index (χ3v) is 3.36. The number of hydrazone groups is 1. The first-order chi connectivity index (χ1) is 9.49. The van der Waals surface area contributed by atoms with Crippen molar-refractivity contribution in [2.45, 2.75) is 25.6 Å². The molecular formula is C14H16F3N3. The van der Waals surface area contributed by atoms with Crippen LogP contribution in [0.2, 0.25) is 0 Å². The molecule has 1 aromatic rings. The molecule has 2 rings (SSSR count). The summed E-state index contributed by atoms with van der Waals surface area (Å²) >= 11 is 0. The average molecular weight is 283 g/mol. The van der Waals surface area contributed by atoms with Crippen molar-refractivity contribution in [3.63, 3.8) is 0 Å². The number of nitrogens with two attached hydrogens (primary N) is 2. The van der Waals surface area contributed by atoms with Gasteiger partial charge in [0, 0.05) is 11.8 Å². The summed E-state index contributed by atoms with van der Waals surface area (Å²) in [5, 5.41) is 3.55. The quantitative estimate of drug-likeness (QED) is 0.387.